The van der Waals surface area contributed by atoms with Gasteiger partial charge in [-0.1, -0.05) is 13.8 Å². The molecule has 0 spiro atoms. The molecule has 1 aliphatic carbocycles. The van der Waals surface area contributed by atoms with E-state index in [9.17, 15) is 9.59 Å². The maximum absolute atomic E-state index is 12.0. The molecule has 0 bridgehead atoms. The molecule has 1 amide bonds. The summed E-state index contributed by atoms with van der Waals surface area (Å²) >= 11 is 0. The van der Waals surface area contributed by atoms with E-state index in [1.165, 1.54) is 0 Å². The smallest absolute Gasteiger partial charge is 0.303 e. The summed E-state index contributed by atoms with van der Waals surface area (Å²) in [5.41, 5.74) is 0. The lowest BCUT2D eigenvalue weighted by Crippen LogP contribution is -2.52. The van der Waals surface area contributed by atoms with E-state index in [0.717, 1.165) is 19.3 Å². The summed E-state index contributed by atoms with van der Waals surface area (Å²) < 4.78 is 0. The number of hydrogen-bond donors (Lipinski definition) is 1. The Kier molecular flexibility index (Phi) is 3.40. The zero-order valence-electron chi connectivity index (χ0n) is 10.6. The Hall–Kier alpha value is -1.06. The van der Waals surface area contributed by atoms with Crippen LogP contribution in [0.15, 0.2) is 0 Å². The molecule has 2 aliphatic rings. The molecule has 2 fully saturated rings. The number of rotatable bonds is 4. The summed E-state index contributed by atoms with van der Waals surface area (Å²) in [7, 11) is 0. The largest absolute Gasteiger partial charge is 0.481 e. The third kappa shape index (κ3) is 2.61. The third-order valence-corrected chi connectivity index (χ3v) is 3.88. The van der Waals surface area contributed by atoms with E-state index in [0.29, 0.717) is 18.4 Å². The molecule has 1 N–H and O–H groups in total. The van der Waals surface area contributed by atoms with Crippen LogP contribution in [-0.4, -0.2) is 34.0 Å². The van der Waals surface area contributed by atoms with E-state index in [-0.39, 0.29) is 24.3 Å². The van der Waals surface area contributed by atoms with Gasteiger partial charge in [-0.2, -0.15) is 0 Å². The number of nitrogens with zero attached hydrogens (tertiary/aromatic N) is 1. The van der Waals surface area contributed by atoms with Crippen molar-refractivity contribution in [3.8, 4) is 0 Å². The number of amides is 1. The van der Waals surface area contributed by atoms with E-state index < -0.39 is 5.97 Å². The lowest BCUT2D eigenvalue weighted by Gasteiger charge is -2.43. The Morgan fingerprint density at radius 2 is 2.06 bits per heavy atom. The van der Waals surface area contributed by atoms with Crippen LogP contribution < -0.4 is 0 Å². The highest BCUT2D eigenvalue weighted by atomic mass is 16.4. The minimum atomic E-state index is -0.745. The average molecular weight is 239 g/mol. The average Bonchev–Trinajstić information content (AvgIpc) is 3.02. The second-order valence-corrected chi connectivity index (χ2v) is 5.66. The van der Waals surface area contributed by atoms with Gasteiger partial charge in [0.1, 0.15) is 0 Å². The topological polar surface area (TPSA) is 57.6 Å². The zero-order valence-corrected chi connectivity index (χ0v) is 10.6. The Morgan fingerprint density at radius 3 is 2.53 bits per heavy atom. The number of carbonyl (C=O) groups is 2. The molecule has 4 nitrogen and oxygen atoms in total. The summed E-state index contributed by atoms with van der Waals surface area (Å²) in [6, 6.07) is 0.520. The van der Waals surface area contributed by atoms with Gasteiger partial charge in [0.15, 0.2) is 0 Å². The molecule has 0 aromatic heterocycles. The third-order valence-electron chi connectivity index (χ3n) is 3.88. The normalized spacial score (nSPS) is 29.8. The zero-order chi connectivity index (χ0) is 12.6. The van der Waals surface area contributed by atoms with E-state index in [2.05, 4.69) is 13.8 Å². The molecule has 1 heterocycles. The molecule has 0 aromatic rings. The van der Waals surface area contributed by atoms with Gasteiger partial charge in [-0.25, -0.2) is 0 Å². The first-order valence-electron chi connectivity index (χ1n) is 6.53. The van der Waals surface area contributed by atoms with Gasteiger partial charge in [0.05, 0.1) is 6.42 Å². The fourth-order valence-electron chi connectivity index (χ4n) is 3.11. The highest BCUT2D eigenvalue weighted by Crippen LogP contribution is 2.39. The van der Waals surface area contributed by atoms with Crippen LogP contribution in [0.5, 0.6) is 0 Å². The van der Waals surface area contributed by atoms with Gasteiger partial charge in [-0.05, 0) is 31.1 Å². The predicted molar refractivity (Wildman–Crippen MR) is 63.5 cm³/mol. The second kappa shape index (κ2) is 4.67. The number of likely N-dealkylation sites (tertiary alicyclic amines) is 1. The van der Waals surface area contributed by atoms with E-state index >= 15 is 0 Å². The van der Waals surface area contributed by atoms with Crippen LogP contribution in [0.1, 0.15) is 46.0 Å². The summed E-state index contributed by atoms with van der Waals surface area (Å²) in [6.45, 7) is 4.18. The van der Waals surface area contributed by atoms with Crippen LogP contribution in [-0.2, 0) is 9.59 Å². The van der Waals surface area contributed by atoms with Crippen LogP contribution in [0.25, 0.3) is 0 Å². The van der Waals surface area contributed by atoms with Crippen LogP contribution >= 0.6 is 0 Å². The van der Waals surface area contributed by atoms with Gasteiger partial charge < -0.3 is 10.0 Å². The van der Waals surface area contributed by atoms with E-state index in [4.69, 9.17) is 5.11 Å². The molecule has 0 aromatic carbocycles. The van der Waals surface area contributed by atoms with Gasteiger partial charge >= 0.3 is 5.97 Å². The van der Waals surface area contributed by atoms with Crippen molar-refractivity contribution >= 4 is 11.9 Å². The molecule has 4 heteroatoms. The molecule has 0 radical (unpaired) electrons. The Bertz CT molecular complexity index is 323. The lowest BCUT2D eigenvalue weighted by atomic mass is 9.80. The Balaban J connectivity index is 2.16. The first-order valence-corrected chi connectivity index (χ1v) is 6.53. The highest BCUT2D eigenvalue weighted by molar-refractivity contribution is 5.78. The Morgan fingerprint density at radius 1 is 1.41 bits per heavy atom. The van der Waals surface area contributed by atoms with Crippen LogP contribution in [0.4, 0.5) is 0 Å². The number of carboxylic acids is 1. The van der Waals surface area contributed by atoms with Gasteiger partial charge in [-0.3, -0.25) is 9.59 Å². The van der Waals surface area contributed by atoms with Crippen molar-refractivity contribution in [2.45, 2.75) is 58.0 Å². The maximum atomic E-state index is 12.0. The molecule has 0 unspecified atom stereocenters. The monoisotopic (exact) mass is 239 g/mol. The van der Waals surface area contributed by atoms with Gasteiger partial charge in [0.25, 0.3) is 0 Å². The highest BCUT2D eigenvalue weighted by Gasteiger charge is 2.44. The van der Waals surface area contributed by atoms with Crippen molar-refractivity contribution < 1.29 is 14.7 Å². The molecular weight excluding hydrogens is 218 g/mol. The van der Waals surface area contributed by atoms with Crippen LogP contribution in [0.3, 0.4) is 0 Å². The quantitative estimate of drug-likeness (QED) is 0.815. The number of hydrogen-bond acceptors (Lipinski definition) is 2. The van der Waals surface area contributed by atoms with E-state index in [1.807, 2.05) is 4.90 Å². The number of piperidine rings is 1. The van der Waals surface area contributed by atoms with Gasteiger partial charge in [0.2, 0.25) is 5.91 Å². The van der Waals surface area contributed by atoms with Gasteiger partial charge in [0, 0.05) is 18.5 Å². The van der Waals surface area contributed by atoms with Crippen LogP contribution in [0, 0.1) is 11.8 Å². The minimum absolute atomic E-state index is 0.125. The number of carboxylic acid groups (broad SMARTS) is 1. The summed E-state index contributed by atoms with van der Waals surface area (Å²) in [6.07, 6.45) is 3.64. The molecule has 1 saturated carbocycles. The molecule has 2 atom stereocenters. The minimum Gasteiger partial charge on any atom is -0.481 e. The number of aliphatic carboxylic acids is 1. The molecule has 1 saturated heterocycles. The maximum Gasteiger partial charge on any atom is 0.303 e. The number of carbonyl (C=O) groups excluding carboxylic acids is 1. The fraction of sp³-hybridized carbons (Fsp3) is 0.846. The molecule has 1 aliphatic heterocycles. The predicted octanol–water partition coefficient (Wildman–Crippen LogP) is 1.89. The molecule has 2 rings (SSSR count). The van der Waals surface area contributed by atoms with Crippen LogP contribution in [0.2, 0.25) is 0 Å². The summed E-state index contributed by atoms with van der Waals surface area (Å²) in [5.74, 6) is -0.0476. The Labute approximate surface area is 102 Å². The summed E-state index contributed by atoms with van der Waals surface area (Å²) in [4.78, 5) is 24.9. The SMILES string of the molecule is CC(C)[C@@H]1[C@@H](CC(=O)O)CCC(=O)N1C1CC1. The van der Waals surface area contributed by atoms with E-state index in [1.54, 1.807) is 0 Å². The fourth-order valence-corrected chi connectivity index (χ4v) is 3.11. The van der Waals surface area contributed by atoms with Crippen molar-refractivity contribution in [2.24, 2.45) is 11.8 Å². The lowest BCUT2D eigenvalue weighted by molar-refractivity contribution is -0.147. The summed E-state index contributed by atoms with van der Waals surface area (Å²) in [5, 5.41) is 8.97. The second-order valence-electron chi connectivity index (χ2n) is 5.66. The van der Waals surface area contributed by atoms with Crippen molar-refractivity contribution in [1.29, 1.82) is 0 Å². The molecule has 17 heavy (non-hydrogen) atoms. The van der Waals surface area contributed by atoms with Gasteiger partial charge in [-0.15, -0.1) is 0 Å². The van der Waals surface area contributed by atoms with Crippen molar-refractivity contribution in [3.05, 3.63) is 0 Å². The van der Waals surface area contributed by atoms with Crippen molar-refractivity contribution in [1.82, 2.24) is 4.90 Å². The molecular formula is C13H21NO3. The van der Waals surface area contributed by atoms with Crippen molar-refractivity contribution in [2.75, 3.05) is 0 Å². The molecule has 96 valence electrons. The van der Waals surface area contributed by atoms with Crippen molar-refractivity contribution in [3.63, 3.8) is 0 Å². The first kappa shape index (κ1) is 12.4. The first-order chi connectivity index (χ1) is 8.00. The standard InChI is InChI=1S/C13H21NO3/c1-8(2)13-9(7-12(16)17)3-6-11(15)14(13)10-4-5-10/h8-10,13H,3-7H2,1-2H3,(H,16,17)/t9-,13-/m1/s1.